The fourth-order valence-electron chi connectivity index (χ4n) is 2.92. The van der Waals surface area contributed by atoms with Crippen molar-refractivity contribution in [2.75, 3.05) is 6.54 Å². The summed E-state index contributed by atoms with van der Waals surface area (Å²) in [6.45, 7) is 3.53. The Balaban J connectivity index is 1.77. The molecule has 1 aromatic heterocycles. The second-order valence-corrected chi connectivity index (χ2v) is 7.99. The summed E-state index contributed by atoms with van der Waals surface area (Å²) in [7, 11) is 0. The van der Waals surface area contributed by atoms with E-state index in [4.69, 9.17) is 23.2 Å². The van der Waals surface area contributed by atoms with Crippen LogP contribution in [0.1, 0.15) is 24.2 Å². The molecule has 1 aromatic rings. The monoisotopic (exact) mass is 331 g/mol. The SMILES string of the molecule is CC1(C)C2C(=O)N(CC(=O)c3cc(Cl)sc3Cl)C(=O)C21. The molecule has 2 fully saturated rings. The predicted octanol–water partition coefficient (Wildman–Crippen LogP) is 2.88. The third-order valence-electron chi connectivity index (χ3n) is 4.15. The Bertz CT molecular complexity index is 628. The molecule has 2 aliphatic rings. The largest absolute Gasteiger partial charge is 0.292 e. The highest BCUT2D eigenvalue weighted by Gasteiger charge is 2.72. The van der Waals surface area contributed by atoms with E-state index in [-0.39, 0.29) is 51.3 Å². The van der Waals surface area contributed by atoms with Gasteiger partial charge in [0.2, 0.25) is 11.8 Å². The average Bonchev–Trinajstić information content (AvgIpc) is 2.59. The van der Waals surface area contributed by atoms with Crippen LogP contribution >= 0.6 is 34.5 Å². The van der Waals surface area contributed by atoms with E-state index in [1.54, 1.807) is 0 Å². The third-order valence-corrected chi connectivity index (χ3v) is 5.64. The first-order valence-electron chi connectivity index (χ1n) is 6.08. The van der Waals surface area contributed by atoms with E-state index in [9.17, 15) is 14.4 Å². The lowest BCUT2D eigenvalue weighted by molar-refractivity contribution is -0.142. The molecule has 2 atom stereocenters. The van der Waals surface area contributed by atoms with Crippen molar-refractivity contribution in [3.05, 3.63) is 20.3 Å². The van der Waals surface area contributed by atoms with Crippen LogP contribution in [-0.2, 0) is 9.59 Å². The number of piperidine rings is 1. The van der Waals surface area contributed by atoms with Gasteiger partial charge in [0.05, 0.1) is 28.3 Å². The van der Waals surface area contributed by atoms with Crippen LogP contribution in [0.3, 0.4) is 0 Å². The molecular weight excluding hydrogens is 321 g/mol. The molecule has 0 aromatic carbocycles. The predicted molar refractivity (Wildman–Crippen MR) is 76.2 cm³/mol. The molecule has 2 amide bonds. The van der Waals surface area contributed by atoms with Gasteiger partial charge in [0.15, 0.2) is 5.78 Å². The maximum absolute atomic E-state index is 12.1. The molecular formula is C13H11Cl2NO3S. The minimum absolute atomic E-state index is 0.254. The number of halogens is 2. The number of hydrogen-bond donors (Lipinski definition) is 0. The van der Waals surface area contributed by atoms with Gasteiger partial charge < -0.3 is 0 Å². The Morgan fingerprint density at radius 1 is 1.30 bits per heavy atom. The number of fused-ring (bicyclic) bond motifs is 1. The van der Waals surface area contributed by atoms with E-state index >= 15 is 0 Å². The smallest absolute Gasteiger partial charge is 0.234 e. The first-order chi connectivity index (χ1) is 9.25. The first-order valence-corrected chi connectivity index (χ1v) is 7.65. The number of rotatable bonds is 3. The van der Waals surface area contributed by atoms with Crippen molar-refractivity contribution in [1.29, 1.82) is 0 Å². The van der Waals surface area contributed by atoms with Crippen LogP contribution < -0.4 is 0 Å². The Morgan fingerprint density at radius 2 is 1.85 bits per heavy atom. The number of Topliss-reactive ketones (excluding diaryl/α,β-unsaturated/α-hetero) is 1. The lowest BCUT2D eigenvalue weighted by Gasteiger charge is -2.19. The van der Waals surface area contributed by atoms with Gasteiger partial charge in [-0.05, 0) is 11.5 Å². The van der Waals surface area contributed by atoms with E-state index in [2.05, 4.69) is 0 Å². The minimum Gasteiger partial charge on any atom is -0.292 e. The standard InChI is InChI=1S/C13H11Cl2NO3S/c1-13(2)8-9(13)12(19)16(11(8)18)4-6(17)5-3-7(14)20-10(5)15/h3,8-9H,4H2,1-2H3. The minimum atomic E-state index is -0.362. The molecule has 106 valence electrons. The van der Waals surface area contributed by atoms with Crippen LogP contribution in [0, 0.1) is 17.3 Å². The molecule has 0 N–H and O–H groups in total. The highest BCUT2D eigenvalue weighted by molar-refractivity contribution is 7.20. The molecule has 1 aliphatic heterocycles. The van der Waals surface area contributed by atoms with Crippen LogP contribution in [0.15, 0.2) is 6.07 Å². The number of amides is 2. The van der Waals surface area contributed by atoms with Gasteiger partial charge in [-0.2, -0.15) is 0 Å². The van der Waals surface area contributed by atoms with Gasteiger partial charge in [0.25, 0.3) is 0 Å². The summed E-state index contributed by atoms with van der Waals surface area (Å²) >= 11 is 12.8. The van der Waals surface area contributed by atoms with Crippen molar-refractivity contribution in [2.45, 2.75) is 13.8 Å². The lowest BCUT2D eigenvalue weighted by Crippen LogP contribution is -2.39. The van der Waals surface area contributed by atoms with Gasteiger partial charge in [-0.3, -0.25) is 19.3 Å². The molecule has 7 heteroatoms. The zero-order valence-electron chi connectivity index (χ0n) is 10.8. The number of nitrogens with zero attached hydrogens (tertiary/aromatic N) is 1. The molecule has 1 saturated heterocycles. The molecule has 0 spiro atoms. The van der Waals surface area contributed by atoms with E-state index in [0.717, 1.165) is 16.2 Å². The number of ketones is 1. The van der Waals surface area contributed by atoms with Crippen LogP contribution in [0.4, 0.5) is 0 Å². The second-order valence-electron chi connectivity index (χ2n) is 5.70. The topological polar surface area (TPSA) is 54.5 Å². The summed E-state index contributed by atoms with van der Waals surface area (Å²) in [4.78, 5) is 37.4. The quantitative estimate of drug-likeness (QED) is 0.632. The summed E-state index contributed by atoms with van der Waals surface area (Å²) in [6.07, 6.45) is 0. The van der Waals surface area contributed by atoms with Crippen molar-refractivity contribution in [2.24, 2.45) is 17.3 Å². The summed E-state index contributed by atoms with van der Waals surface area (Å²) in [6, 6.07) is 1.46. The summed E-state index contributed by atoms with van der Waals surface area (Å²) < 4.78 is 0.686. The molecule has 3 rings (SSSR count). The number of carbonyl (C=O) groups excluding carboxylic acids is 3. The number of likely N-dealkylation sites (tertiary alicyclic amines) is 1. The highest BCUT2D eigenvalue weighted by atomic mass is 35.5. The fourth-order valence-corrected chi connectivity index (χ4v) is 4.42. The van der Waals surface area contributed by atoms with Crippen molar-refractivity contribution in [3.8, 4) is 0 Å². The maximum atomic E-state index is 12.1. The van der Waals surface area contributed by atoms with Gasteiger partial charge >= 0.3 is 0 Å². The summed E-state index contributed by atoms with van der Waals surface area (Å²) in [5, 5.41) is 0. The molecule has 0 bridgehead atoms. The van der Waals surface area contributed by atoms with E-state index < -0.39 is 0 Å². The van der Waals surface area contributed by atoms with Gasteiger partial charge in [-0.1, -0.05) is 37.0 Å². The van der Waals surface area contributed by atoms with E-state index in [1.165, 1.54) is 6.07 Å². The molecule has 1 saturated carbocycles. The first kappa shape index (κ1) is 14.0. The van der Waals surface area contributed by atoms with Crippen LogP contribution in [0.5, 0.6) is 0 Å². The van der Waals surface area contributed by atoms with Gasteiger partial charge in [-0.25, -0.2) is 0 Å². The summed E-state index contributed by atoms with van der Waals surface area (Å²) in [5.41, 5.74) is -0.000983. The zero-order valence-corrected chi connectivity index (χ0v) is 13.1. The van der Waals surface area contributed by atoms with Gasteiger partial charge in [0, 0.05) is 0 Å². The van der Waals surface area contributed by atoms with Gasteiger partial charge in [0.1, 0.15) is 4.34 Å². The van der Waals surface area contributed by atoms with Crippen molar-refractivity contribution >= 4 is 52.1 Å². The summed E-state index contributed by atoms with van der Waals surface area (Å²) in [5.74, 6) is -1.42. The van der Waals surface area contributed by atoms with Crippen LogP contribution in [0.2, 0.25) is 8.67 Å². The van der Waals surface area contributed by atoms with Crippen molar-refractivity contribution in [1.82, 2.24) is 4.90 Å². The fraction of sp³-hybridized carbons (Fsp3) is 0.462. The molecule has 2 unspecified atom stereocenters. The van der Waals surface area contributed by atoms with E-state index in [0.29, 0.717) is 4.34 Å². The Labute approximate surface area is 129 Å². The molecule has 0 radical (unpaired) electrons. The van der Waals surface area contributed by atoms with Crippen LogP contribution in [-0.4, -0.2) is 29.0 Å². The molecule has 1 aliphatic carbocycles. The Morgan fingerprint density at radius 3 is 2.30 bits per heavy atom. The molecule has 20 heavy (non-hydrogen) atoms. The van der Waals surface area contributed by atoms with Gasteiger partial charge in [-0.15, -0.1) is 11.3 Å². The number of imide groups is 1. The maximum Gasteiger partial charge on any atom is 0.234 e. The van der Waals surface area contributed by atoms with Crippen molar-refractivity contribution in [3.63, 3.8) is 0 Å². The Hall–Kier alpha value is -0.910. The molecule has 4 nitrogen and oxygen atoms in total. The lowest BCUT2D eigenvalue weighted by atomic mass is 10.1. The third kappa shape index (κ3) is 1.84. The number of carbonyl (C=O) groups is 3. The normalized spacial score (nSPS) is 26.9. The Kier molecular flexibility index (Phi) is 3.01. The van der Waals surface area contributed by atoms with E-state index in [1.807, 2.05) is 13.8 Å². The average molecular weight is 332 g/mol. The van der Waals surface area contributed by atoms with Crippen molar-refractivity contribution < 1.29 is 14.4 Å². The highest BCUT2D eigenvalue weighted by Crippen LogP contribution is 2.63. The molecule has 2 heterocycles. The zero-order chi connectivity index (χ0) is 14.8. The second kappa shape index (κ2) is 4.29. The number of thiophene rings is 1. The number of hydrogen-bond acceptors (Lipinski definition) is 4. The van der Waals surface area contributed by atoms with Crippen LogP contribution in [0.25, 0.3) is 0 Å².